The van der Waals surface area contributed by atoms with Gasteiger partial charge in [-0.25, -0.2) is 0 Å². The number of nitrogens with two attached hydrogens (primary N) is 1. The second-order valence-electron chi connectivity index (χ2n) is 4.66. The van der Waals surface area contributed by atoms with Crippen LogP contribution in [0, 0.1) is 24.7 Å². The second-order valence-corrected chi connectivity index (χ2v) is 4.66. The Hall–Kier alpha value is -1.67. The van der Waals surface area contributed by atoms with Crippen LogP contribution in [0.5, 0.6) is 0 Å². The predicted molar refractivity (Wildman–Crippen MR) is 68.2 cm³/mol. The van der Waals surface area contributed by atoms with Crippen molar-refractivity contribution in [2.75, 3.05) is 5.73 Å². The van der Waals surface area contributed by atoms with Gasteiger partial charge in [-0.3, -0.25) is 0 Å². The molecule has 2 nitrogen and oxygen atoms in total. The normalized spacial score (nSPS) is 13.1. The maximum atomic E-state index is 12.8. The SMILES string of the molecule is Cc1cc(C(O)C#CC(C)C)c(N)c(C(F)(F)F)c1. The molecule has 5 heteroatoms. The number of anilines is 1. The Morgan fingerprint density at radius 1 is 1.21 bits per heavy atom. The smallest absolute Gasteiger partial charge is 0.398 e. The number of hydrogen-bond acceptors (Lipinski definition) is 2. The molecule has 0 amide bonds. The van der Waals surface area contributed by atoms with Gasteiger partial charge in [-0.1, -0.05) is 31.8 Å². The Bertz CT molecular complexity index is 524. The van der Waals surface area contributed by atoms with Crippen molar-refractivity contribution >= 4 is 5.69 Å². The first-order chi connectivity index (χ1) is 8.62. The molecule has 0 heterocycles. The van der Waals surface area contributed by atoms with Gasteiger partial charge in [0.1, 0.15) is 6.10 Å². The summed E-state index contributed by atoms with van der Waals surface area (Å²) in [4.78, 5) is 0. The lowest BCUT2D eigenvalue weighted by Gasteiger charge is -2.16. The van der Waals surface area contributed by atoms with Gasteiger partial charge in [-0.15, -0.1) is 0 Å². The summed E-state index contributed by atoms with van der Waals surface area (Å²) in [7, 11) is 0. The first kappa shape index (κ1) is 15.4. The fraction of sp³-hybridized carbons (Fsp3) is 0.429. The Morgan fingerprint density at radius 3 is 2.26 bits per heavy atom. The van der Waals surface area contributed by atoms with E-state index in [1.165, 1.54) is 13.0 Å². The molecule has 0 spiro atoms. The van der Waals surface area contributed by atoms with Crippen LogP contribution in [0.15, 0.2) is 12.1 Å². The molecule has 1 unspecified atom stereocenters. The molecular formula is C14H16F3NO. The van der Waals surface area contributed by atoms with Crippen molar-refractivity contribution < 1.29 is 18.3 Å². The van der Waals surface area contributed by atoms with Crippen molar-refractivity contribution in [1.82, 2.24) is 0 Å². The number of hydrogen-bond donors (Lipinski definition) is 2. The summed E-state index contributed by atoms with van der Waals surface area (Å²) in [5.41, 5.74) is 4.47. The lowest BCUT2D eigenvalue weighted by atomic mass is 9.99. The van der Waals surface area contributed by atoms with E-state index in [0.29, 0.717) is 5.56 Å². The summed E-state index contributed by atoms with van der Waals surface area (Å²) in [5, 5.41) is 9.84. The minimum absolute atomic E-state index is 0.000440. The van der Waals surface area contributed by atoms with Gasteiger partial charge in [0.15, 0.2) is 0 Å². The second kappa shape index (κ2) is 5.54. The highest BCUT2D eigenvalue weighted by Gasteiger charge is 2.34. The van der Waals surface area contributed by atoms with Crippen LogP contribution >= 0.6 is 0 Å². The highest BCUT2D eigenvalue weighted by atomic mass is 19.4. The first-order valence-corrected chi connectivity index (χ1v) is 5.79. The number of aryl methyl sites for hydroxylation is 1. The van der Waals surface area contributed by atoms with Gasteiger partial charge in [0.05, 0.1) is 11.3 Å². The largest absolute Gasteiger partial charge is 0.418 e. The van der Waals surface area contributed by atoms with E-state index in [2.05, 4.69) is 11.8 Å². The molecule has 104 valence electrons. The zero-order valence-electron chi connectivity index (χ0n) is 11.0. The van der Waals surface area contributed by atoms with Gasteiger partial charge < -0.3 is 10.8 Å². The van der Waals surface area contributed by atoms with Crippen LogP contribution in [-0.4, -0.2) is 5.11 Å². The molecule has 3 N–H and O–H groups in total. The Morgan fingerprint density at radius 2 is 1.79 bits per heavy atom. The third-order valence-electron chi connectivity index (χ3n) is 2.47. The zero-order valence-corrected chi connectivity index (χ0v) is 11.0. The van der Waals surface area contributed by atoms with E-state index in [0.717, 1.165) is 6.07 Å². The molecule has 0 aromatic heterocycles. The summed E-state index contributed by atoms with van der Waals surface area (Å²) in [6.45, 7) is 5.15. The fourth-order valence-corrected chi connectivity index (χ4v) is 1.61. The number of alkyl halides is 3. The maximum absolute atomic E-state index is 12.8. The average Bonchev–Trinajstić information content (AvgIpc) is 2.27. The summed E-state index contributed by atoms with van der Waals surface area (Å²) < 4.78 is 38.4. The van der Waals surface area contributed by atoms with Crippen LogP contribution in [0.3, 0.4) is 0 Å². The Balaban J connectivity index is 3.31. The summed E-state index contributed by atoms with van der Waals surface area (Å²) >= 11 is 0. The van der Waals surface area contributed by atoms with E-state index in [9.17, 15) is 18.3 Å². The molecule has 0 bridgehead atoms. The predicted octanol–water partition coefficient (Wildman–Crippen LogP) is 3.29. The number of rotatable bonds is 1. The first-order valence-electron chi connectivity index (χ1n) is 5.79. The lowest BCUT2D eigenvalue weighted by molar-refractivity contribution is -0.137. The van der Waals surface area contributed by atoms with Crippen LogP contribution in [0.1, 0.15) is 36.6 Å². The van der Waals surface area contributed by atoms with Crippen molar-refractivity contribution in [1.29, 1.82) is 0 Å². The van der Waals surface area contributed by atoms with Gasteiger partial charge in [-0.05, 0) is 18.6 Å². The summed E-state index contributed by atoms with van der Waals surface area (Å²) in [6.07, 6.45) is -5.86. The van der Waals surface area contributed by atoms with Crippen molar-refractivity contribution in [3.8, 4) is 11.8 Å². The van der Waals surface area contributed by atoms with E-state index in [4.69, 9.17) is 5.73 Å². The summed E-state index contributed by atoms with van der Waals surface area (Å²) in [5.74, 6) is 5.23. The molecule has 1 atom stereocenters. The van der Waals surface area contributed by atoms with Gasteiger partial charge in [0, 0.05) is 11.5 Å². The number of aliphatic hydroxyl groups excluding tert-OH is 1. The third kappa shape index (κ3) is 3.90. The van der Waals surface area contributed by atoms with E-state index >= 15 is 0 Å². The van der Waals surface area contributed by atoms with Crippen molar-refractivity contribution in [3.05, 3.63) is 28.8 Å². The van der Waals surface area contributed by atoms with Gasteiger partial charge in [-0.2, -0.15) is 13.2 Å². The highest BCUT2D eigenvalue weighted by Crippen LogP contribution is 2.37. The van der Waals surface area contributed by atoms with Gasteiger partial charge in [0.2, 0.25) is 0 Å². The van der Waals surface area contributed by atoms with Crippen LogP contribution in [0.2, 0.25) is 0 Å². The van der Waals surface area contributed by atoms with Crippen LogP contribution in [-0.2, 0) is 6.18 Å². The highest BCUT2D eigenvalue weighted by molar-refractivity contribution is 5.59. The van der Waals surface area contributed by atoms with E-state index in [1.54, 1.807) is 0 Å². The van der Waals surface area contributed by atoms with E-state index < -0.39 is 23.5 Å². The number of benzene rings is 1. The molecule has 0 saturated carbocycles. The summed E-state index contributed by atoms with van der Waals surface area (Å²) in [6, 6.07) is 2.38. The molecule has 19 heavy (non-hydrogen) atoms. The fourth-order valence-electron chi connectivity index (χ4n) is 1.61. The Labute approximate surface area is 110 Å². The standard InChI is InChI=1S/C14H16F3NO/c1-8(2)4-5-12(19)10-6-9(3)7-11(13(10)18)14(15,16)17/h6-8,12,19H,18H2,1-3H3. The monoisotopic (exact) mass is 271 g/mol. The lowest BCUT2D eigenvalue weighted by Crippen LogP contribution is -2.13. The van der Waals surface area contributed by atoms with Crippen molar-refractivity contribution in [2.45, 2.75) is 33.1 Å². The molecule has 0 saturated heterocycles. The van der Waals surface area contributed by atoms with Crippen molar-refractivity contribution in [3.63, 3.8) is 0 Å². The minimum atomic E-state index is -4.55. The molecule has 0 radical (unpaired) electrons. The average molecular weight is 271 g/mol. The van der Waals surface area contributed by atoms with Gasteiger partial charge in [0.25, 0.3) is 0 Å². The number of halogens is 3. The molecule has 1 aromatic rings. The molecule has 0 aliphatic heterocycles. The van der Waals surface area contributed by atoms with Gasteiger partial charge >= 0.3 is 6.18 Å². The maximum Gasteiger partial charge on any atom is 0.418 e. The third-order valence-corrected chi connectivity index (χ3v) is 2.47. The molecule has 0 aliphatic rings. The molecule has 0 fully saturated rings. The van der Waals surface area contributed by atoms with Crippen LogP contribution in [0.4, 0.5) is 18.9 Å². The number of aliphatic hydroxyl groups is 1. The molecular weight excluding hydrogens is 255 g/mol. The van der Waals surface area contributed by atoms with E-state index in [-0.39, 0.29) is 11.5 Å². The number of nitrogen functional groups attached to an aromatic ring is 1. The zero-order chi connectivity index (χ0) is 14.8. The molecule has 0 aliphatic carbocycles. The molecule has 1 rings (SSSR count). The quantitative estimate of drug-likeness (QED) is 0.608. The minimum Gasteiger partial charge on any atom is -0.398 e. The van der Waals surface area contributed by atoms with Crippen LogP contribution in [0.25, 0.3) is 0 Å². The Kier molecular flexibility index (Phi) is 4.48. The molecule has 1 aromatic carbocycles. The van der Waals surface area contributed by atoms with Crippen molar-refractivity contribution in [2.24, 2.45) is 5.92 Å². The van der Waals surface area contributed by atoms with Crippen LogP contribution < -0.4 is 5.73 Å². The topological polar surface area (TPSA) is 46.2 Å². The van der Waals surface area contributed by atoms with E-state index in [1.807, 2.05) is 13.8 Å².